The van der Waals surface area contributed by atoms with Gasteiger partial charge in [-0.3, -0.25) is 4.79 Å². The standard InChI is InChI=1S/C11H14ClNO2/c1-6-3-4-9(12)7(2)10(6)8(5-13)11(14)15/h3-4,8H,5,13H2,1-2H3,(H,14,15). The molecular weight excluding hydrogens is 214 g/mol. The molecule has 0 fully saturated rings. The Kier molecular flexibility index (Phi) is 3.72. The third kappa shape index (κ3) is 2.30. The van der Waals surface area contributed by atoms with Crippen molar-refractivity contribution in [1.29, 1.82) is 0 Å². The van der Waals surface area contributed by atoms with Crippen molar-refractivity contribution in [3.63, 3.8) is 0 Å². The summed E-state index contributed by atoms with van der Waals surface area (Å²) in [4.78, 5) is 11.0. The first-order chi connectivity index (χ1) is 6.99. The molecule has 1 unspecified atom stereocenters. The Morgan fingerprint density at radius 3 is 2.60 bits per heavy atom. The summed E-state index contributed by atoms with van der Waals surface area (Å²) in [5, 5.41) is 9.62. The molecule has 3 N–H and O–H groups in total. The molecule has 0 saturated heterocycles. The molecule has 1 aromatic carbocycles. The lowest BCUT2D eigenvalue weighted by atomic mass is 9.91. The molecule has 0 heterocycles. The number of benzene rings is 1. The van der Waals surface area contributed by atoms with E-state index < -0.39 is 11.9 Å². The lowest BCUT2D eigenvalue weighted by Gasteiger charge is -2.17. The fourth-order valence-corrected chi connectivity index (χ4v) is 1.88. The van der Waals surface area contributed by atoms with Gasteiger partial charge in [0.25, 0.3) is 0 Å². The van der Waals surface area contributed by atoms with E-state index in [4.69, 9.17) is 22.4 Å². The highest BCUT2D eigenvalue weighted by atomic mass is 35.5. The van der Waals surface area contributed by atoms with E-state index in [1.54, 1.807) is 6.07 Å². The molecule has 1 rings (SSSR count). The first-order valence-electron chi connectivity index (χ1n) is 4.67. The van der Waals surface area contributed by atoms with Gasteiger partial charge < -0.3 is 10.8 Å². The highest BCUT2D eigenvalue weighted by Gasteiger charge is 2.22. The van der Waals surface area contributed by atoms with Crippen LogP contribution in [0.4, 0.5) is 0 Å². The molecule has 0 radical (unpaired) electrons. The zero-order valence-corrected chi connectivity index (χ0v) is 9.51. The molecule has 0 saturated carbocycles. The van der Waals surface area contributed by atoms with E-state index in [-0.39, 0.29) is 6.54 Å². The molecule has 0 aliphatic rings. The van der Waals surface area contributed by atoms with Gasteiger partial charge in [0.15, 0.2) is 0 Å². The molecule has 0 aliphatic carbocycles. The fraction of sp³-hybridized carbons (Fsp3) is 0.364. The molecule has 0 spiro atoms. The van der Waals surface area contributed by atoms with E-state index in [0.29, 0.717) is 5.02 Å². The van der Waals surface area contributed by atoms with Crippen LogP contribution in [0.1, 0.15) is 22.6 Å². The summed E-state index contributed by atoms with van der Waals surface area (Å²) >= 11 is 5.96. The average Bonchev–Trinajstić information content (AvgIpc) is 2.18. The van der Waals surface area contributed by atoms with Crippen LogP contribution in [-0.4, -0.2) is 17.6 Å². The molecule has 1 aromatic rings. The van der Waals surface area contributed by atoms with Crippen LogP contribution in [0.2, 0.25) is 5.02 Å². The van der Waals surface area contributed by atoms with Crippen molar-refractivity contribution in [1.82, 2.24) is 0 Å². The van der Waals surface area contributed by atoms with Gasteiger partial charge in [-0.05, 0) is 36.6 Å². The largest absolute Gasteiger partial charge is 0.481 e. The van der Waals surface area contributed by atoms with Gasteiger partial charge in [0, 0.05) is 11.6 Å². The van der Waals surface area contributed by atoms with Gasteiger partial charge in [-0.15, -0.1) is 0 Å². The third-order valence-corrected chi connectivity index (χ3v) is 2.96. The maximum atomic E-state index is 11.0. The Bertz CT molecular complexity index is 390. The third-order valence-electron chi connectivity index (χ3n) is 2.55. The monoisotopic (exact) mass is 227 g/mol. The van der Waals surface area contributed by atoms with Crippen LogP contribution in [0.5, 0.6) is 0 Å². The molecule has 82 valence electrons. The molecule has 15 heavy (non-hydrogen) atoms. The van der Waals surface area contributed by atoms with Crippen LogP contribution in [0.3, 0.4) is 0 Å². The van der Waals surface area contributed by atoms with Gasteiger partial charge >= 0.3 is 5.97 Å². The predicted molar refractivity (Wildman–Crippen MR) is 60.4 cm³/mol. The highest BCUT2D eigenvalue weighted by molar-refractivity contribution is 6.31. The van der Waals surface area contributed by atoms with Crippen LogP contribution < -0.4 is 5.73 Å². The second kappa shape index (κ2) is 4.64. The van der Waals surface area contributed by atoms with Crippen molar-refractivity contribution in [2.75, 3.05) is 6.54 Å². The Hall–Kier alpha value is -1.06. The lowest BCUT2D eigenvalue weighted by Crippen LogP contribution is -2.23. The summed E-state index contributed by atoms with van der Waals surface area (Å²) in [5.41, 5.74) is 7.92. The van der Waals surface area contributed by atoms with Crippen molar-refractivity contribution >= 4 is 17.6 Å². The number of halogens is 1. The summed E-state index contributed by atoms with van der Waals surface area (Å²) in [6, 6.07) is 3.58. The van der Waals surface area contributed by atoms with Crippen molar-refractivity contribution in [2.45, 2.75) is 19.8 Å². The number of rotatable bonds is 3. The fourth-order valence-electron chi connectivity index (χ4n) is 1.72. The van der Waals surface area contributed by atoms with E-state index in [1.807, 2.05) is 19.9 Å². The van der Waals surface area contributed by atoms with Crippen molar-refractivity contribution in [2.24, 2.45) is 5.73 Å². The van der Waals surface area contributed by atoms with Crippen LogP contribution >= 0.6 is 11.6 Å². The average molecular weight is 228 g/mol. The van der Waals surface area contributed by atoms with E-state index in [9.17, 15) is 4.79 Å². The second-order valence-electron chi connectivity index (χ2n) is 3.53. The molecule has 0 aliphatic heterocycles. The number of aliphatic carboxylic acids is 1. The Morgan fingerprint density at radius 1 is 1.53 bits per heavy atom. The van der Waals surface area contributed by atoms with Gasteiger partial charge in [-0.2, -0.15) is 0 Å². The van der Waals surface area contributed by atoms with E-state index >= 15 is 0 Å². The number of nitrogens with two attached hydrogens (primary N) is 1. The van der Waals surface area contributed by atoms with Crippen molar-refractivity contribution in [3.05, 3.63) is 33.8 Å². The topological polar surface area (TPSA) is 63.3 Å². The minimum atomic E-state index is -0.911. The van der Waals surface area contributed by atoms with Gasteiger partial charge in [0.05, 0.1) is 5.92 Å². The Morgan fingerprint density at radius 2 is 2.13 bits per heavy atom. The summed E-state index contributed by atoms with van der Waals surface area (Å²) < 4.78 is 0. The molecule has 0 amide bonds. The quantitative estimate of drug-likeness (QED) is 0.831. The normalized spacial score (nSPS) is 12.5. The summed E-state index contributed by atoms with van der Waals surface area (Å²) in [7, 11) is 0. The number of carboxylic acid groups (broad SMARTS) is 1. The van der Waals surface area contributed by atoms with E-state index in [0.717, 1.165) is 16.7 Å². The molecule has 3 nitrogen and oxygen atoms in total. The zero-order chi connectivity index (χ0) is 11.6. The number of carbonyl (C=O) groups is 1. The molecule has 0 aromatic heterocycles. The smallest absolute Gasteiger partial charge is 0.312 e. The first kappa shape index (κ1) is 12.0. The number of hydrogen-bond acceptors (Lipinski definition) is 2. The SMILES string of the molecule is Cc1ccc(Cl)c(C)c1C(CN)C(=O)O. The molecule has 1 atom stereocenters. The minimum Gasteiger partial charge on any atom is -0.481 e. The van der Waals surface area contributed by atoms with Gasteiger partial charge in [-0.25, -0.2) is 0 Å². The first-order valence-corrected chi connectivity index (χ1v) is 5.05. The predicted octanol–water partition coefficient (Wildman–Crippen LogP) is 2.08. The van der Waals surface area contributed by atoms with Gasteiger partial charge in [-0.1, -0.05) is 17.7 Å². The van der Waals surface area contributed by atoms with Crippen molar-refractivity contribution < 1.29 is 9.90 Å². The number of aryl methyl sites for hydroxylation is 1. The number of hydrogen-bond donors (Lipinski definition) is 2. The van der Waals surface area contributed by atoms with Crippen LogP contribution in [-0.2, 0) is 4.79 Å². The maximum Gasteiger partial charge on any atom is 0.312 e. The van der Waals surface area contributed by atoms with Crippen LogP contribution in [0, 0.1) is 13.8 Å². The molecule has 4 heteroatoms. The van der Waals surface area contributed by atoms with Gasteiger partial charge in [0.2, 0.25) is 0 Å². The van der Waals surface area contributed by atoms with E-state index in [1.165, 1.54) is 0 Å². The Balaban J connectivity index is 3.34. The minimum absolute atomic E-state index is 0.0807. The zero-order valence-electron chi connectivity index (χ0n) is 8.75. The summed E-state index contributed by atoms with van der Waals surface area (Å²) in [6.07, 6.45) is 0. The Labute approximate surface area is 93.9 Å². The summed E-state index contributed by atoms with van der Waals surface area (Å²) in [5.74, 6) is -1.59. The maximum absolute atomic E-state index is 11.0. The second-order valence-corrected chi connectivity index (χ2v) is 3.94. The van der Waals surface area contributed by atoms with Gasteiger partial charge in [0.1, 0.15) is 0 Å². The van der Waals surface area contributed by atoms with Crippen molar-refractivity contribution in [3.8, 4) is 0 Å². The van der Waals surface area contributed by atoms with E-state index in [2.05, 4.69) is 0 Å². The molecular formula is C11H14ClNO2. The van der Waals surface area contributed by atoms with Crippen LogP contribution in [0.15, 0.2) is 12.1 Å². The van der Waals surface area contributed by atoms with Crippen LogP contribution in [0.25, 0.3) is 0 Å². The highest BCUT2D eigenvalue weighted by Crippen LogP contribution is 2.28. The summed E-state index contributed by atoms with van der Waals surface area (Å²) in [6.45, 7) is 3.76. The molecule has 0 bridgehead atoms. The number of carboxylic acids is 1. The lowest BCUT2D eigenvalue weighted by molar-refractivity contribution is -0.138.